The molecular weight excluding hydrogens is 459 g/mol. The quantitative estimate of drug-likeness (QED) is 0.484. The molecule has 1 unspecified atom stereocenters. The molecule has 0 saturated carbocycles. The highest BCUT2D eigenvalue weighted by atomic mass is 35.5. The monoisotopic (exact) mass is 478 g/mol. The van der Waals surface area contributed by atoms with Gasteiger partial charge in [0.25, 0.3) is 5.91 Å². The molecule has 1 atom stereocenters. The number of halogens is 3. The summed E-state index contributed by atoms with van der Waals surface area (Å²) in [7, 11) is 0. The molecule has 2 aromatic carbocycles. The maximum atomic E-state index is 13.0. The molecule has 2 N–H and O–H groups in total. The maximum Gasteiger partial charge on any atom is 0.253 e. The van der Waals surface area contributed by atoms with Crippen LogP contribution in [0.5, 0.6) is 0 Å². The summed E-state index contributed by atoms with van der Waals surface area (Å²) in [6.07, 6.45) is 1.56. The smallest absolute Gasteiger partial charge is 0.253 e. The van der Waals surface area contributed by atoms with Crippen molar-refractivity contribution >= 4 is 52.4 Å². The number of anilines is 1. The van der Waals surface area contributed by atoms with E-state index in [1.165, 1.54) is 0 Å². The van der Waals surface area contributed by atoms with Gasteiger partial charge < -0.3 is 10.6 Å². The van der Waals surface area contributed by atoms with E-state index in [0.717, 1.165) is 0 Å². The van der Waals surface area contributed by atoms with E-state index in [-0.39, 0.29) is 18.4 Å². The van der Waals surface area contributed by atoms with Gasteiger partial charge in [-0.25, -0.2) is 4.68 Å². The van der Waals surface area contributed by atoms with E-state index in [1.54, 1.807) is 59.4 Å². The minimum Gasteiger partial charge on any atom is -0.340 e. The van der Waals surface area contributed by atoms with Crippen molar-refractivity contribution in [2.24, 2.45) is 5.92 Å². The third-order valence-corrected chi connectivity index (χ3v) is 5.73. The van der Waals surface area contributed by atoms with Crippen LogP contribution in [0.4, 0.5) is 5.82 Å². The zero-order chi connectivity index (χ0) is 22.5. The second-order valence-electron chi connectivity index (χ2n) is 7.24. The maximum absolute atomic E-state index is 13.0. The number of nitrogens with one attached hydrogen (secondary N) is 2. The summed E-state index contributed by atoms with van der Waals surface area (Å²) < 4.78 is 1.58. The van der Waals surface area contributed by atoms with Crippen molar-refractivity contribution in [1.29, 1.82) is 0 Å². The molecule has 0 radical (unpaired) electrons. The van der Waals surface area contributed by atoms with Crippen LogP contribution in [0.15, 0.2) is 54.7 Å². The Hall–Kier alpha value is -2.54. The fraction of sp³-hybridized carbons (Fsp3) is 0.227. The number of benzene rings is 2. The highest BCUT2D eigenvalue weighted by Crippen LogP contribution is 2.26. The van der Waals surface area contributed by atoms with Crippen LogP contribution < -0.4 is 10.6 Å². The molecular formula is C22H21Cl3N4O2. The normalized spacial score (nSPS) is 11.9. The van der Waals surface area contributed by atoms with Gasteiger partial charge in [-0.05, 0) is 30.2 Å². The van der Waals surface area contributed by atoms with Crippen LogP contribution in [-0.4, -0.2) is 27.6 Å². The number of hydrogen-bond donors (Lipinski definition) is 2. The summed E-state index contributed by atoms with van der Waals surface area (Å²) in [5.41, 5.74) is 0.999. The van der Waals surface area contributed by atoms with E-state index >= 15 is 0 Å². The summed E-state index contributed by atoms with van der Waals surface area (Å²) >= 11 is 18.6. The predicted octanol–water partition coefficient (Wildman–Crippen LogP) is 5.28. The van der Waals surface area contributed by atoms with Crippen molar-refractivity contribution in [2.75, 3.05) is 5.32 Å². The van der Waals surface area contributed by atoms with E-state index < -0.39 is 11.9 Å². The molecule has 0 saturated heterocycles. The second-order valence-corrected chi connectivity index (χ2v) is 8.46. The summed E-state index contributed by atoms with van der Waals surface area (Å²) in [6, 6.07) is 12.8. The van der Waals surface area contributed by atoms with Gasteiger partial charge in [-0.15, -0.1) is 0 Å². The van der Waals surface area contributed by atoms with Crippen molar-refractivity contribution < 1.29 is 9.59 Å². The molecule has 9 heteroatoms. The first-order valence-electron chi connectivity index (χ1n) is 9.59. The Morgan fingerprint density at radius 3 is 2.26 bits per heavy atom. The summed E-state index contributed by atoms with van der Waals surface area (Å²) in [5.74, 6) is -0.502. The molecule has 0 aliphatic heterocycles. The van der Waals surface area contributed by atoms with Crippen LogP contribution >= 0.6 is 34.8 Å². The van der Waals surface area contributed by atoms with Crippen LogP contribution in [0.2, 0.25) is 15.1 Å². The van der Waals surface area contributed by atoms with Gasteiger partial charge in [-0.2, -0.15) is 5.10 Å². The van der Waals surface area contributed by atoms with E-state index in [0.29, 0.717) is 32.0 Å². The molecule has 162 valence electrons. The lowest BCUT2D eigenvalue weighted by Crippen LogP contribution is -2.47. The molecule has 0 fully saturated rings. The molecule has 1 heterocycles. The second kappa shape index (κ2) is 10.2. The first kappa shape index (κ1) is 23.1. The third-order valence-electron chi connectivity index (χ3n) is 4.69. The summed E-state index contributed by atoms with van der Waals surface area (Å²) in [6.45, 7) is 3.97. The standard InChI is InChI=1S/C22H21Cl3N4O2/c1-13(2)20(28-21(30)14-6-3-4-7-16(14)23)22(31)27-19-10-11-26-29(19)12-15-17(24)8-5-9-18(15)25/h3-11,13,20H,12H2,1-2H3,(H,27,31)(H,28,30). The number of hydrogen-bond acceptors (Lipinski definition) is 3. The van der Waals surface area contributed by atoms with E-state index in [4.69, 9.17) is 34.8 Å². The Morgan fingerprint density at radius 2 is 1.61 bits per heavy atom. The molecule has 1 aromatic heterocycles. The lowest BCUT2D eigenvalue weighted by Gasteiger charge is -2.22. The Morgan fingerprint density at radius 1 is 0.968 bits per heavy atom. The molecule has 0 aliphatic rings. The van der Waals surface area contributed by atoms with Gasteiger partial charge >= 0.3 is 0 Å². The number of aromatic nitrogens is 2. The Kier molecular flexibility index (Phi) is 7.59. The molecule has 3 rings (SSSR count). The fourth-order valence-electron chi connectivity index (χ4n) is 3.00. The number of carbonyl (C=O) groups is 2. The van der Waals surface area contributed by atoms with Crippen molar-refractivity contribution in [3.05, 3.63) is 80.9 Å². The average Bonchev–Trinajstić information content (AvgIpc) is 3.15. The number of amides is 2. The van der Waals surface area contributed by atoms with Gasteiger partial charge in [0.1, 0.15) is 11.9 Å². The van der Waals surface area contributed by atoms with Crippen molar-refractivity contribution in [3.8, 4) is 0 Å². The largest absolute Gasteiger partial charge is 0.340 e. The Labute approximate surface area is 195 Å². The molecule has 0 bridgehead atoms. The van der Waals surface area contributed by atoms with Crippen LogP contribution in [-0.2, 0) is 11.3 Å². The van der Waals surface area contributed by atoms with Crippen molar-refractivity contribution in [2.45, 2.75) is 26.4 Å². The number of carbonyl (C=O) groups excluding carboxylic acids is 2. The SMILES string of the molecule is CC(C)C(NC(=O)c1ccccc1Cl)C(=O)Nc1ccnn1Cc1c(Cl)cccc1Cl. The highest BCUT2D eigenvalue weighted by Gasteiger charge is 2.26. The average molecular weight is 480 g/mol. The van der Waals surface area contributed by atoms with Crippen LogP contribution in [0.25, 0.3) is 0 Å². The summed E-state index contributed by atoms with van der Waals surface area (Å²) in [4.78, 5) is 25.6. The van der Waals surface area contributed by atoms with Crippen molar-refractivity contribution in [1.82, 2.24) is 15.1 Å². The van der Waals surface area contributed by atoms with Crippen molar-refractivity contribution in [3.63, 3.8) is 0 Å². The first-order chi connectivity index (χ1) is 14.8. The molecule has 31 heavy (non-hydrogen) atoms. The zero-order valence-corrected chi connectivity index (χ0v) is 19.2. The number of rotatable bonds is 7. The molecule has 2 amide bonds. The Balaban J connectivity index is 1.76. The van der Waals surface area contributed by atoms with Gasteiger partial charge in [0.05, 0.1) is 23.3 Å². The van der Waals surface area contributed by atoms with Gasteiger partial charge in [0.15, 0.2) is 0 Å². The van der Waals surface area contributed by atoms with E-state index in [2.05, 4.69) is 15.7 Å². The van der Waals surface area contributed by atoms with Gasteiger partial charge in [-0.3, -0.25) is 9.59 Å². The zero-order valence-electron chi connectivity index (χ0n) is 16.9. The van der Waals surface area contributed by atoms with Crippen LogP contribution in [0.1, 0.15) is 29.8 Å². The highest BCUT2D eigenvalue weighted by molar-refractivity contribution is 6.36. The van der Waals surface area contributed by atoms with E-state index in [9.17, 15) is 9.59 Å². The predicted molar refractivity (Wildman–Crippen MR) is 124 cm³/mol. The third kappa shape index (κ3) is 5.58. The Bertz CT molecular complexity index is 1080. The minimum absolute atomic E-state index is 0.166. The topological polar surface area (TPSA) is 76.0 Å². The molecule has 0 aliphatic carbocycles. The van der Waals surface area contributed by atoms with Crippen LogP contribution in [0, 0.1) is 5.92 Å². The van der Waals surface area contributed by atoms with Gasteiger partial charge in [0, 0.05) is 21.7 Å². The lowest BCUT2D eigenvalue weighted by atomic mass is 10.0. The fourth-order valence-corrected chi connectivity index (χ4v) is 3.74. The molecule has 3 aromatic rings. The van der Waals surface area contributed by atoms with E-state index in [1.807, 2.05) is 13.8 Å². The van der Waals surface area contributed by atoms with Crippen LogP contribution in [0.3, 0.4) is 0 Å². The van der Waals surface area contributed by atoms with Gasteiger partial charge in [0.2, 0.25) is 5.91 Å². The molecule has 0 spiro atoms. The lowest BCUT2D eigenvalue weighted by molar-refractivity contribution is -0.118. The minimum atomic E-state index is -0.781. The summed E-state index contributed by atoms with van der Waals surface area (Å²) in [5, 5.41) is 11.2. The number of nitrogens with zero attached hydrogens (tertiary/aromatic N) is 2. The first-order valence-corrected chi connectivity index (χ1v) is 10.7. The van der Waals surface area contributed by atoms with Gasteiger partial charge in [-0.1, -0.05) is 66.8 Å². The molecule has 6 nitrogen and oxygen atoms in total.